The third-order valence-corrected chi connectivity index (χ3v) is 5.68. The van der Waals surface area contributed by atoms with Crippen molar-refractivity contribution in [3.63, 3.8) is 0 Å². The lowest BCUT2D eigenvalue weighted by atomic mass is 9.96. The maximum atomic E-state index is 13.3. The van der Waals surface area contributed by atoms with E-state index in [0.717, 1.165) is 16.9 Å². The number of allylic oxidation sites excluding steroid dienone is 1. The lowest BCUT2D eigenvalue weighted by molar-refractivity contribution is -0.402. The first-order valence-corrected chi connectivity index (χ1v) is 10.2. The molecule has 0 radical (unpaired) electrons. The predicted octanol–water partition coefficient (Wildman–Crippen LogP) is 2.30. The van der Waals surface area contributed by atoms with Crippen LogP contribution in [-0.4, -0.2) is 22.1 Å². The minimum Gasteiger partial charge on any atom is -0.463 e. The highest BCUT2D eigenvalue weighted by Crippen LogP contribution is 2.30. The summed E-state index contributed by atoms with van der Waals surface area (Å²) in [7, 11) is 0. The molecule has 1 aliphatic heterocycles. The number of ether oxygens (including phenoxy) is 1. The molecule has 0 amide bonds. The number of hydrogen-bond donors (Lipinski definition) is 0. The average molecular weight is 439 g/mol. The zero-order valence-corrected chi connectivity index (χ0v) is 17.4. The van der Waals surface area contributed by atoms with Gasteiger partial charge in [0.05, 0.1) is 34.5 Å². The first kappa shape index (κ1) is 20.5. The molecule has 9 nitrogen and oxygen atoms in total. The third kappa shape index (κ3) is 3.73. The van der Waals surface area contributed by atoms with Gasteiger partial charge in [-0.3, -0.25) is 19.5 Å². The Morgan fingerprint density at radius 3 is 2.71 bits per heavy atom. The molecule has 0 N–H and O–H groups in total. The Balaban J connectivity index is 1.92. The van der Waals surface area contributed by atoms with Crippen molar-refractivity contribution in [1.29, 1.82) is 0 Å². The van der Waals surface area contributed by atoms with Crippen LogP contribution in [0.4, 0.5) is 5.88 Å². The van der Waals surface area contributed by atoms with Crippen molar-refractivity contribution in [3.05, 3.63) is 94.9 Å². The molecular weight excluding hydrogens is 422 g/mol. The Labute approximate surface area is 179 Å². The molecule has 0 saturated carbocycles. The number of nitrogens with zero attached hydrogens (tertiary/aromatic N) is 3. The minimum absolute atomic E-state index is 0.176. The second-order valence-electron chi connectivity index (χ2n) is 6.65. The highest BCUT2D eigenvalue weighted by molar-refractivity contribution is 7.07. The van der Waals surface area contributed by atoms with E-state index >= 15 is 0 Å². The minimum atomic E-state index is -0.704. The Morgan fingerprint density at radius 2 is 2.06 bits per heavy atom. The lowest BCUT2D eigenvalue weighted by Crippen LogP contribution is -2.39. The molecule has 0 aliphatic carbocycles. The monoisotopic (exact) mass is 439 g/mol. The van der Waals surface area contributed by atoms with Crippen molar-refractivity contribution in [2.24, 2.45) is 4.99 Å². The number of benzene rings is 1. The van der Waals surface area contributed by atoms with Gasteiger partial charge in [-0.2, -0.15) is 0 Å². The fraction of sp³-hybridized carbons (Fsp3) is 0.190. The summed E-state index contributed by atoms with van der Waals surface area (Å²) < 4.78 is 12.1. The van der Waals surface area contributed by atoms with Crippen LogP contribution in [0.3, 0.4) is 0 Å². The van der Waals surface area contributed by atoms with Crippen LogP contribution in [0.1, 0.15) is 31.2 Å². The number of carbonyl (C=O) groups excluding carboxylic acids is 1. The van der Waals surface area contributed by atoms with Gasteiger partial charge < -0.3 is 9.15 Å². The first-order valence-electron chi connectivity index (χ1n) is 9.39. The molecule has 158 valence electrons. The number of nitro groups is 1. The number of thiazole rings is 1. The molecule has 10 heteroatoms. The summed E-state index contributed by atoms with van der Waals surface area (Å²) in [6.07, 6.45) is 1.43. The Bertz CT molecular complexity index is 1380. The van der Waals surface area contributed by atoms with Gasteiger partial charge in [0.15, 0.2) is 4.80 Å². The van der Waals surface area contributed by atoms with E-state index in [0.29, 0.717) is 16.1 Å². The number of fused-ring (bicyclic) bond motifs is 1. The van der Waals surface area contributed by atoms with Crippen LogP contribution in [0.5, 0.6) is 0 Å². The van der Waals surface area contributed by atoms with Gasteiger partial charge in [0, 0.05) is 6.08 Å². The van der Waals surface area contributed by atoms with E-state index in [9.17, 15) is 19.7 Å². The van der Waals surface area contributed by atoms with E-state index in [1.165, 1.54) is 22.8 Å². The molecule has 2 aromatic heterocycles. The lowest BCUT2D eigenvalue weighted by Gasteiger charge is -2.24. The summed E-state index contributed by atoms with van der Waals surface area (Å²) in [5.41, 5.74) is 1.11. The third-order valence-electron chi connectivity index (χ3n) is 4.70. The molecule has 0 saturated heterocycles. The number of hydrogen-bond acceptors (Lipinski definition) is 8. The fourth-order valence-electron chi connectivity index (χ4n) is 3.39. The van der Waals surface area contributed by atoms with E-state index in [2.05, 4.69) is 4.99 Å². The number of carbonyl (C=O) groups is 1. The first-order chi connectivity index (χ1) is 14.9. The van der Waals surface area contributed by atoms with Crippen molar-refractivity contribution >= 4 is 29.3 Å². The van der Waals surface area contributed by atoms with Gasteiger partial charge in [-0.25, -0.2) is 9.79 Å². The fourth-order valence-corrected chi connectivity index (χ4v) is 4.42. The molecule has 3 heterocycles. The van der Waals surface area contributed by atoms with Crippen molar-refractivity contribution in [2.45, 2.75) is 19.9 Å². The second-order valence-corrected chi connectivity index (χ2v) is 7.66. The zero-order valence-electron chi connectivity index (χ0n) is 16.6. The molecule has 4 rings (SSSR count). The Hall–Kier alpha value is -3.79. The molecule has 0 bridgehead atoms. The molecular formula is C21H17N3O6S. The molecule has 1 atom stereocenters. The van der Waals surface area contributed by atoms with Gasteiger partial charge in [-0.15, -0.1) is 0 Å². The van der Waals surface area contributed by atoms with Crippen LogP contribution in [0.2, 0.25) is 0 Å². The van der Waals surface area contributed by atoms with Crippen LogP contribution in [0, 0.1) is 10.1 Å². The maximum absolute atomic E-state index is 13.3. The van der Waals surface area contributed by atoms with Crippen LogP contribution < -0.4 is 14.9 Å². The normalized spacial score (nSPS) is 16.1. The summed E-state index contributed by atoms with van der Waals surface area (Å²) >= 11 is 1.12. The van der Waals surface area contributed by atoms with Gasteiger partial charge in [-0.1, -0.05) is 41.7 Å². The predicted molar refractivity (Wildman–Crippen MR) is 112 cm³/mol. The van der Waals surface area contributed by atoms with E-state index in [1.54, 1.807) is 13.8 Å². The van der Waals surface area contributed by atoms with Crippen molar-refractivity contribution in [2.75, 3.05) is 6.61 Å². The summed E-state index contributed by atoms with van der Waals surface area (Å²) in [5.74, 6) is -0.773. The second kappa shape index (κ2) is 8.15. The number of rotatable bonds is 5. The molecule has 0 spiro atoms. The van der Waals surface area contributed by atoms with Gasteiger partial charge >= 0.3 is 11.9 Å². The van der Waals surface area contributed by atoms with Gasteiger partial charge in [0.2, 0.25) is 0 Å². The zero-order chi connectivity index (χ0) is 22.1. The quantitative estimate of drug-likeness (QED) is 0.342. The number of furan rings is 1. The highest BCUT2D eigenvalue weighted by Gasteiger charge is 2.33. The smallest absolute Gasteiger partial charge is 0.433 e. The molecule has 1 unspecified atom stereocenters. The van der Waals surface area contributed by atoms with Crippen molar-refractivity contribution in [1.82, 2.24) is 4.57 Å². The largest absolute Gasteiger partial charge is 0.463 e. The standard InChI is InChI=1S/C21H17N3O6S/c1-3-29-20(26)17-12(2)22-21-23(18(17)13-7-5-4-6-8-13)19(25)15(31-21)11-14-9-10-16(30-14)24(27)28/h4-11,18H,3H2,1-2H3/b15-11-. The van der Waals surface area contributed by atoms with Gasteiger partial charge in [0.25, 0.3) is 5.56 Å². The van der Waals surface area contributed by atoms with E-state index in [4.69, 9.17) is 9.15 Å². The van der Waals surface area contributed by atoms with E-state index in [-0.39, 0.29) is 22.5 Å². The molecule has 1 aromatic carbocycles. The van der Waals surface area contributed by atoms with Crippen molar-refractivity contribution < 1.29 is 18.9 Å². The van der Waals surface area contributed by atoms with Gasteiger partial charge in [-0.05, 0) is 25.5 Å². The molecule has 1 aliphatic rings. The Kier molecular flexibility index (Phi) is 5.38. The van der Waals surface area contributed by atoms with Crippen LogP contribution in [0.25, 0.3) is 6.08 Å². The van der Waals surface area contributed by atoms with Gasteiger partial charge in [0.1, 0.15) is 10.7 Å². The van der Waals surface area contributed by atoms with E-state index in [1.807, 2.05) is 30.3 Å². The van der Waals surface area contributed by atoms with Crippen molar-refractivity contribution in [3.8, 4) is 0 Å². The molecule has 0 fully saturated rings. The number of aromatic nitrogens is 1. The summed E-state index contributed by atoms with van der Waals surface area (Å²) in [5, 5.41) is 10.9. The van der Waals surface area contributed by atoms with Crippen LogP contribution in [0.15, 0.2) is 67.9 Å². The average Bonchev–Trinajstić information content (AvgIpc) is 3.33. The SMILES string of the molecule is CCOC(=O)C1=C(C)N=c2s/c(=C\c3ccc([N+](=O)[O-])o3)c(=O)n2C1c1ccccc1. The maximum Gasteiger partial charge on any atom is 0.433 e. The molecule has 31 heavy (non-hydrogen) atoms. The Morgan fingerprint density at radius 1 is 1.32 bits per heavy atom. The number of esters is 1. The van der Waals surface area contributed by atoms with E-state index < -0.39 is 22.8 Å². The van der Waals surface area contributed by atoms with Crippen LogP contribution in [-0.2, 0) is 9.53 Å². The highest BCUT2D eigenvalue weighted by atomic mass is 32.1. The summed E-state index contributed by atoms with van der Waals surface area (Å²) in [6, 6.07) is 11.1. The summed E-state index contributed by atoms with van der Waals surface area (Å²) in [6.45, 7) is 3.61. The summed E-state index contributed by atoms with van der Waals surface area (Å²) in [4.78, 5) is 41.1. The van der Waals surface area contributed by atoms with Crippen LogP contribution >= 0.6 is 11.3 Å². The topological polar surface area (TPSA) is 117 Å². The molecule has 3 aromatic rings.